The van der Waals surface area contributed by atoms with Crippen LogP contribution in [0.25, 0.3) is 0 Å². The van der Waals surface area contributed by atoms with Crippen LogP contribution < -0.4 is 10.2 Å². The van der Waals surface area contributed by atoms with Crippen molar-refractivity contribution in [1.82, 2.24) is 10.2 Å². The van der Waals surface area contributed by atoms with Gasteiger partial charge in [-0.1, -0.05) is 0 Å². The van der Waals surface area contributed by atoms with E-state index in [0.29, 0.717) is 0 Å². The van der Waals surface area contributed by atoms with Crippen molar-refractivity contribution in [2.24, 2.45) is 0 Å². The van der Waals surface area contributed by atoms with Crippen LogP contribution in [0.4, 0.5) is 12.6 Å². The number of halogens is 3. The second kappa shape index (κ2) is 3.03. The van der Waals surface area contributed by atoms with Crippen molar-refractivity contribution in [3.05, 3.63) is 0 Å². The van der Waals surface area contributed by atoms with Crippen LogP contribution in [0.2, 0.25) is 0 Å². The molecule has 0 aliphatic heterocycles. The minimum absolute atomic E-state index is 0.0751. The molecule has 0 fully saturated rings. The summed E-state index contributed by atoms with van der Waals surface area (Å²) in [5.41, 5.74) is 0. The molecule has 64 valence electrons. The molecule has 0 rings (SSSR count). The van der Waals surface area contributed by atoms with E-state index >= 15 is 0 Å². The monoisotopic (exact) mass is 176 g/mol. The molecule has 0 aromatic rings. The molecule has 0 aliphatic rings. The van der Waals surface area contributed by atoms with E-state index in [1.807, 2.05) is 0 Å². The van der Waals surface area contributed by atoms with Gasteiger partial charge in [0.05, 0.1) is 0 Å². The van der Waals surface area contributed by atoms with E-state index in [1.54, 1.807) is 0 Å². The molecule has 0 bridgehead atoms. The zero-order valence-electron chi connectivity index (χ0n) is 6.00. The first-order valence-corrected chi connectivity index (χ1v) is 4.98. The Balaban J connectivity index is 3.97. The van der Waals surface area contributed by atoms with Crippen molar-refractivity contribution in [3.63, 3.8) is 0 Å². The van der Waals surface area contributed by atoms with Crippen LogP contribution in [-0.2, 0) is 0 Å². The number of nitrogens with one attached hydrogen (secondary N) is 2. The van der Waals surface area contributed by atoms with E-state index in [1.165, 1.54) is 24.0 Å². The Morgan fingerprint density at radius 3 is 1.50 bits per heavy atom. The molecule has 2 nitrogen and oxygen atoms in total. The molecular formula is C4H12F3N2P. The maximum atomic E-state index is 12.4. The third-order valence-electron chi connectivity index (χ3n) is 0.833. The Morgan fingerprint density at radius 1 is 1.00 bits per heavy atom. The van der Waals surface area contributed by atoms with Crippen molar-refractivity contribution >= 4 is 7.84 Å². The Kier molecular flexibility index (Phi) is 3.07. The van der Waals surface area contributed by atoms with E-state index in [9.17, 15) is 12.6 Å². The van der Waals surface area contributed by atoms with Gasteiger partial charge in [-0.3, -0.25) is 0 Å². The summed E-state index contributed by atoms with van der Waals surface area (Å²) < 4.78 is 37.1. The van der Waals surface area contributed by atoms with Gasteiger partial charge in [-0.2, -0.15) is 0 Å². The Morgan fingerprint density at radius 2 is 1.30 bits per heavy atom. The quantitative estimate of drug-likeness (QED) is 0.642. The number of hydrogen-bond donors (Lipinski definition) is 2. The summed E-state index contributed by atoms with van der Waals surface area (Å²) in [5, 5.41) is 3.04. The maximum absolute atomic E-state index is 12.4. The standard InChI is InChI=1S/C4H12F3N2P/c1-3-8-10(5,6,7)9-4-2/h8-9H,3-4H2,1-2H3. The number of rotatable bonds is 4. The summed E-state index contributed by atoms with van der Waals surface area (Å²) in [4.78, 5) is 0. The van der Waals surface area contributed by atoms with E-state index < -0.39 is 7.84 Å². The van der Waals surface area contributed by atoms with Crippen LogP contribution in [0.5, 0.6) is 0 Å². The molecular weight excluding hydrogens is 164 g/mol. The SMILES string of the molecule is CCNP(F)(F)(F)NCC. The van der Waals surface area contributed by atoms with Gasteiger partial charge < -0.3 is 0 Å². The first kappa shape index (κ1) is 10.1. The van der Waals surface area contributed by atoms with Crippen LogP contribution >= 0.6 is 7.84 Å². The molecule has 0 aromatic carbocycles. The minimum atomic E-state index is -6.16. The zero-order chi connectivity index (χ0) is 8.28. The van der Waals surface area contributed by atoms with Crippen molar-refractivity contribution in [1.29, 1.82) is 0 Å². The first-order valence-electron chi connectivity index (χ1n) is 3.08. The molecule has 0 unspecified atom stereocenters. The van der Waals surface area contributed by atoms with Crippen LogP contribution in [0.1, 0.15) is 13.8 Å². The van der Waals surface area contributed by atoms with Gasteiger partial charge in [0.25, 0.3) is 0 Å². The number of hydrogen-bond acceptors (Lipinski definition) is 2. The fourth-order valence-electron chi connectivity index (χ4n) is 0.573. The second-order valence-corrected chi connectivity index (χ2v) is 4.09. The summed E-state index contributed by atoms with van der Waals surface area (Å²) >= 11 is 0. The third kappa shape index (κ3) is 4.04. The Labute approximate surface area is 58.6 Å². The topological polar surface area (TPSA) is 24.1 Å². The Bertz CT molecular complexity index is 101. The van der Waals surface area contributed by atoms with Gasteiger partial charge in [0.2, 0.25) is 0 Å². The summed E-state index contributed by atoms with van der Waals surface area (Å²) in [5.74, 6) is 0. The van der Waals surface area contributed by atoms with Crippen molar-refractivity contribution in [2.75, 3.05) is 13.1 Å². The molecule has 0 amide bonds. The molecule has 10 heavy (non-hydrogen) atoms. The van der Waals surface area contributed by atoms with Gasteiger partial charge in [-0.05, 0) is 0 Å². The predicted molar refractivity (Wildman–Crippen MR) is 37.6 cm³/mol. The summed E-state index contributed by atoms with van der Waals surface area (Å²) in [6.07, 6.45) is 0. The van der Waals surface area contributed by atoms with Crippen LogP contribution in [0.3, 0.4) is 0 Å². The van der Waals surface area contributed by atoms with E-state index in [2.05, 4.69) is 0 Å². The van der Waals surface area contributed by atoms with Gasteiger partial charge in [0, 0.05) is 0 Å². The molecule has 0 heterocycles. The van der Waals surface area contributed by atoms with E-state index in [0.717, 1.165) is 0 Å². The molecule has 0 spiro atoms. The Hall–Kier alpha value is 0.140. The molecule has 6 heteroatoms. The van der Waals surface area contributed by atoms with Crippen molar-refractivity contribution in [3.8, 4) is 0 Å². The van der Waals surface area contributed by atoms with Crippen molar-refractivity contribution in [2.45, 2.75) is 13.8 Å². The van der Waals surface area contributed by atoms with Gasteiger partial charge >= 0.3 is 57.5 Å². The van der Waals surface area contributed by atoms with Gasteiger partial charge in [-0.15, -0.1) is 0 Å². The average molecular weight is 176 g/mol. The molecule has 0 aromatic heterocycles. The molecule has 0 atom stereocenters. The van der Waals surface area contributed by atoms with E-state index in [-0.39, 0.29) is 13.1 Å². The van der Waals surface area contributed by atoms with Gasteiger partial charge in [-0.25, -0.2) is 0 Å². The molecule has 0 aliphatic carbocycles. The zero-order valence-corrected chi connectivity index (χ0v) is 6.89. The normalized spacial score (nSPS) is 16.3. The summed E-state index contributed by atoms with van der Waals surface area (Å²) in [6, 6.07) is 0. The van der Waals surface area contributed by atoms with Crippen LogP contribution in [0.15, 0.2) is 0 Å². The molecule has 0 saturated heterocycles. The average Bonchev–Trinajstić information content (AvgIpc) is 1.61. The van der Waals surface area contributed by atoms with Crippen LogP contribution in [0, 0.1) is 0 Å². The first-order chi connectivity index (χ1) is 4.39. The molecule has 2 N–H and O–H groups in total. The summed E-state index contributed by atoms with van der Waals surface area (Å²) in [7, 11) is -6.16. The fraction of sp³-hybridized carbons (Fsp3) is 1.00. The molecule has 0 radical (unpaired) electrons. The fourth-order valence-corrected chi connectivity index (χ4v) is 1.72. The summed E-state index contributed by atoms with van der Waals surface area (Å²) in [6.45, 7) is 2.71. The van der Waals surface area contributed by atoms with Gasteiger partial charge in [0.1, 0.15) is 0 Å². The third-order valence-corrected chi connectivity index (χ3v) is 2.50. The molecule has 0 saturated carbocycles. The second-order valence-electron chi connectivity index (χ2n) is 1.83. The van der Waals surface area contributed by atoms with E-state index in [4.69, 9.17) is 0 Å². The van der Waals surface area contributed by atoms with Crippen molar-refractivity contribution < 1.29 is 12.6 Å². The predicted octanol–water partition coefficient (Wildman–Crippen LogP) is 2.24. The van der Waals surface area contributed by atoms with Crippen LogP contribution in [-0.4, -0.2) is 13.1 Å². The van der Waals surface area contributed by atoms with Gasteiger partial charge in [0.15, 0.2) is 0 Å².